The molecule has 0 aliphatic carbocycles. The predicted molar refractivity (Wildman–Crippen MR) is 463 cm³/mol. The van der Waals surface area contributed by atoms with E-state index in [9.17, 15) is 104 Å². The number of halogens is 2. The Hall–Kier alpha value is -9.80. The zero-order valence-corrected chi connectivity index (χ0v) is 75.3. The number of aliphatic hydroxyl groups excluding tert-OH is 6. The molecule has 5 aromatic rings. The summed E-state index contributed by atoms with van der Waals surface area (Å²) in [5, 5.41) is 138. The third kappa shape index (κ3) is 25.2. The summed E-state index contributed by atoms with van der Waals surface area (Å²) in [6.45, 7) is 6.11. The SMILES string of the molecule is CCCCCCCCCCN(CCNC1(C)CC(OC2C(Oc3c4cc5cc3Oc3ccc(cc3Cl)[C@H](O)C(NC(=O)C(CC(C)C)NC)C(=O)NC(CC(N)=O)C(=O)NC5C(=O)NC3C(=O)NC(C(=O)N[C@@H](C(=O)O)c5cc(O)c(CNCC=O)c(O)c5-c5cc3ccc5O)[C@H](O)c3ccc(c(Cl)c3)O4)OC(CO)C(O)C2O)OC(C)C1O)C(=O)CC(P(=O)(O)O)P(=O)(O)O. The molecule has 8 amide bonds. The highest BCUT2D eigenvalue weighted by atomic mass is 35.5. The van der Waals surface area contributed by atoms with Gasteiger partial charge in [-0.25, -0.2) is 4.79 Å². The van der Waals surface area contributed by atoms with Gasteiger partial charge in [0, 0.05) is 54.8 Å². The molecule has 43 nitrogen and oxygen atoms in total. The van der Waals surface area contributed by atoms with E-state index in [1.54, 1.807) is 13.8 Å². The van der Waals surface area contributed by atoms with Crippen LogP contribution in [0.25, 0.3) is 11.1 Å². The highest BCUT2D eigenvalue weighted by Gasteiger charge is 2.53. The van der Waals surface area contributed by atoms with Gasteiger partial charge < -0.3 is 162 Å². The number of hydrogen-bond acceptors (Lipinski definition) is 30. The number of nitrogens with one attached hydrogen (secondary N) is 9. The molecule has 718 valence electrons. The zero-order chi connectivity index (χ0) is 96.2. The average molecular weight is 1920 g/mol. The number of phenolic OH excluding ortho intramolecular Hbond substituents is 3. The van der Waals surface area contributed by atoms with E-state index in [1.807, 2.05) is 0 Å². The molecule has 0 spiro atoms. The van der Waals surface area contributed by atoms with Crippen molar-refractivity contribution in [2.24, 2.45) is 11.7 Å². The van der Waals surface area contributed by atoms with Gasteiger partial charge in [0.2, 0.25) is 59.3 Å². The minimum absolute atomic E-state index is 0.0244. The first-order valence-corrected chi connectivity index (χ1v) is 46.4. The summed E-state index contributed by atoms with van der Waals surface area (Å²) in [6.07, 6.45) is -14.8. The van der Waals surface area contributed by atoms with Gasteiger partial charge in [0.25, 0.3) is 0 Å². The Bertz CT molecular complexity index is 5110. The Morgan fingerprint density at radius 2 is 1.31 bits per heavy atom. The highest BCUT2D eigenvalue weighted by Crippen LogP contribution is 2.61. The molecule has 0 aromatic heterocycles. The van der Waals surface area contributed by atoms with Crippen molar-refractivity contribution >= 4 is 97.9 Å². The van der Waals surface area contributed by atoms with Crippen molar-refractivity contribution in [3.05, 3.63) is 116 Å². The van der Waals surface area contributed by atoms with Gasteiger partial charge in [-0.05, 0) is 117 Å². The molecule has 7 heterocycles. The lowest BCUT2D eigenvalue weighted by molar-refractivity contribution is -0.334. The molecule has 131 heavy (non-hydrogen) atoms. The molecule has 0 saturated carbocycles. The van der Waals surface area contributed by atoms with Crippen molar-refractivity contribution in [2.75, 3.05) is 39.8 Å². The number of aliphatic hydroxyl groups is 6. The fourth-order valence-electron chi connectivity index (χ4n) is 16.1. The van der Waals surface area contributed by atoms with Gasteiger partial charge in [0.15, 0.2) is 35.3 Å². The Labute approximate surface area is 760 Å². The van der Waals surface area contributed by atoms with E-state index in [-0.39, 0.29) is 49.6 Å². The van der Waals surface area contributed by atoms with E-state index < -0.39 is 305 Å². The number of carbonyl (C=O) groups excluding carboxylic acids is 9. The van der Waals surface area contributed by atoms with Crippen LogP contribution < -0.4 is 67.8 Å². The van der Waals surface area contributed by atoms with E-state index in [1.165, 1.54) is 31.9 Å². The van der Waals surface area contributed by atoms with Gasteiger partial charge in [-0.15, -0.1) is 0 Å². The quantitative estimate of drug-likeness (QED) is 0.0159. The normalized spacial score (nSPS) is 25.7. The van der Waals surface area contributed by atoms with Crippen LogP contribution in [0, 0.1) is 5.92 Å². The molecule has 25 N–H and O–H groups in total. The summed E-state index contributed by atoms with van der Waals surface area (Å²) >= 11 is 14.3. The van der Waals surface area contributed by atoms with Crippen LogP contribution in [-0.2, 0) is 77.8 Å². The van der Waals surface area contributed by atoms with Gasteiger partial charge in [-0.2, -0.15) is 0 Å². The first-order valence-electron chi connectivity index (χ1n) is 42.3. The molecule has 5 aromatic carbocycles. The lowest BCUT2D eigenvalue weighted by atomic mass is 9.85. The second-order valence-corrected chi connectivity index (χ2v) is 38.2. The van der Waals surface area contributed by atoms with Crippen LogP contribution >= 0.6 is 38.4 Å². The van der Waals surface area contributed by atoms with Crippen molar-refractivity contribution < 1.29 is 156 Å². The number of carboxylic acids is 1. The number of amides is 8. The summed E-state index contributed by atoms with van der Waals surface area (Å²) in [4.78, 5) is 186. The maximum Gasteiger partial charge on any atom is 0.341 e. The lowest BCUT2D eigenvalue weighted by Gasteiger charge is -2.48. The van der Waals surface area contributed by atoms with Crippen LogP contribution in [0.1, 0.15) is 175 Å². The number of nitrogens with zero attached hydrogens (tertiary/aromatic N) is 1. The maximum absolute atomic E-state index is 16.4. The summed E-state index contributed by atoms with van der Waals surface area (Å²) in [7, 11) is -9.72. The Balaban J connectivity index is 1.16. The molecule has 7 aliphatic heterocycles. The van der Waals surface area contributed by atoms with E-state index in [2.05, 4.69) is 54.8 Å². The number of fused-ring (bicyclic) bond motifs is 15. The number of hydrogen-bond donors (Lipinski definition) is 24. The third-order valence-electron chi connectivity index (χ3n) is 23.2. The van der Waals surface area contributed by atoms with Gasteiger partial charge in [-0.3, -0.25) is 47.5 Å². The first-order chi connectivity index (χ1) is 61.8. The number of nitrogens with two attached hydrogens (primary N) is 1. The van der Waals surface area contributed by atoms with Gasteiger partial charge >= 0.3 is 21.2 Å². The molecule has 15 unspecified atom stereocenters. The Kier molecular flexibility index (Phi) is 35.3. The Morgan fingerprint density at radius 1 is 0.710 bits per heavy atom. The van der Waals surface area contributed by atoms with Crippen LogP contribution in [0.4, 0.5) is 0 Å². The van der Waals surface area contributed by atoms with Crippen molar-refractivity contribution in [3.63, 3.8) is 0 Å². The summed E-state index contributed by atoms with van der Waals surface area (Å²) in [5.74, 6) is -18.4. The number of aldehydes is 1. The van der Waals surface area contributed by atoms with Crippen LogP contribution in [0.2, 0.25) is 10.0 Å². The lowest BCUT2D eigenvalue weighted by Crippen LogP contribution is -2.66. The van der Waals surface area contributed by atoms with Crippen LogP contribution in [0.5, 0.6) is 46.0 Å². The summed E-state index contributed by atoms with van der Waals surface area (Å²) in [5.41, 5.74) is 0.362. The smallest absolute Gasteiger partial charge is 0.341 e. The molecule has 18 atom stereocenters. The standard InChI is InChI=1S/C84H111Cl2N11O32P2/c1-7-8-9-10-11-12-13-14-23-97(59(103)34-61(130(118,119)120)131(121,122)123)24-21-90-84(5)35-60(124-39(4)75(84)109)128-74-72(108)71(107)57(37-99)127-83(74)129-73-55-30-43-31-56(73)126-54-20-17-42(29-48(54)86)69(105)67-81(115)94-65(82(116)117)45-32-52(101)46(36-89-22-25-98)70(106)62(45)44-27-40(15-18-51(44)100)63(78(112)96-67)93-79(113)64(43)92-77(111)50(33-58(87)102)91-80(114)66(95-76(110)49(88-6)26-38(2)3)68(104)41-16-19-53(125-55)47(85)28-41/h15-20,25,27-32,38-39,49-50,57,60-61,63-69,71-72,74-75,83,88-90,99-101,104-109H,7-14,21-24,26,33-37H2,1-6H3,(H2,87,102)(H,91,114)(H,92,111)(H,93,113)(H,94,115)(H,95,110)(H,96,112)(H,116,117)(H2,118,119,120)(H2,121,122,123)/t39?,49?,50?,57?,60?,63?,64?,65-,66?,67?,68+,69-,71?,72?,74?,75?,83?,84?/m1/s1. The van der Waals surface area contributed by atoms with E-state index in [4.69, 9.17) is 57.4 Å². The number of aliphatic carboxylic acids is 1. The number of benzene rings is 5. The average Bonchev–Trinajstić information content (AvgIpc) is 0.751. The highest BCUT2D eigenvalue weighted by molar-refractivity contribution is 7.70. The van der Waals surface area contributed by atoms with E-state index in [0.717, 1.165) is 105 Å². The van der Waals surface area contributed by atoms with Crippen molar-refractivity contribution in [1.82, 2.24) is 52.8 Å². The third-order valence-corrected chi connectivity index (χ3v) is 27.5. The molecular formula is C84H111Cl2N11O32P2. The second kappa shape index (κ2) is 44.8. The topological polar surface area (TPSA) is 681 Å². The molecular weight excluding hydrogens is 1810 g/mol. The number of primary amides is 1. The number of ether oxygens (including phenoxy) is 6. The van der Waals surface area contributed by atoms with Crippen LogP contribution in [0.3, 0.4) is 0 Å². The fraction of sp³-hybridized carbons (Fsp3) is 0.524. The molecule has 47 heteroatoms. The monoisotopic (exact) mass is 1920 g/mol. The van der Waals surface area contributed by atoms with Crippen LogP contribution in [-0.4, -0.2) is 259 Å². The molecule has 11 bridgehead atoms. The molecule has 0 radical (unpaired) electrons. The number of likely N-dealkylation sites (N-methyl/N-ethyl adjacent to an activating group) is 1. The molecule has 7 aliphatic rings. The van der Waals surface area contributed by atoms with Gasteiger partial charge in [0.1, 0.15) is 95.8 Å². The second-order valence-electron chi connectivity index (χ2n) is 33.3. The van der Waals surface area contributed by atoms with Gasteiger partial charge in [-0.1, -0.05) is 107 Å². The minimum Gasteiger partial charge on any atom is -0.507 e. The summed E-state index contributed by atoms with van der Waals surface area (Å²) < 4.78 is 64.3. The zero-order valence-electron chi connectivity index (χ0n) is 72.0. The van der Waals surface area contributed by atoms with E-state index >= 15 is 24.0 Å². The molecule has 2 saturated heterocycles. The predicted octanol–water partition coefficient (Wildman–Crippen LogP) is 2.07. The number of unbranched alkanes of at least 4 members (excludes halogenated alkanes) is 7. The fourth-order valence-corrected chi connectivity index (χ4v) is 18.9. The summed E-state index contributed by atoms with van der Waals surface area (Å²) in [6, 6.07) is -2.75. The van der Waals surface area contributed by atoms with Crippen LogP contribution in [0.15, 0.2) is 72.8 Å². The van der Waals surface area contributed by atoms with Crippen molar-refractivity contribution in [2.45, 2.75) is 233 Å². The maximum atomic E-state index is 16.4. The largest absolute Gasteiger partial charge is 0.507 e. The molecule has 2 fully saturated rings. The first kappa shape index (κ1) is 103. The van der Waals surface area contributed by atoms with E-state index in [0.29, 0.717) is 19.1 Å². The Morgan fingerprint density at radius 3 is 1.89 bits per heavy atom. The number of rotatable bonds is 34. The van der Waals surface area contributed by atoms with Crippen molar-refractivity contribution in [1.29, 1.82) is 0 Å². The number of carbonyl (C=O) groups is 10. The molecule has 12 rings (SSSR count). The van der Waals surface area contributed by atoms with Crippen molar-refractivity contribution in [3.8, 4) is 57.1 Å². The number of aromatic hydroxyl groups is 3. The minimum atomic E-state index is -5.58. The van der Waals surface area contributed by atoms with Gasteiger partial charge in [0.05, 0.1) is 59.9 Å². The number of phenols is 3. The number of carboxylic acid groups (broad SMARTS) is 1.